The molecule has 34 heavy (non-hydrogen) atoms. The lowest BCUT2D eigenvalue weighted by Gasteiger charge is -2.20. The molecule has 7 nitrogen and oxygen atoms in total. The number of aromatic nitrogens is 2. The van der Waals surface area contributed by atoms with E-state index in [0.29, 0.717) is 23.8 Å². The van der Waals surface area contributed by atoms with Gasteiger partial charge in [-0.05, 0) is 80.9 Å². The fraction of sp³-hybridized carbons (Fsp3) is 0.240. The third-order valence-corrected chi connectivity index (χ3v) is 8.49. The third kappa shape index (κ3) is 4.95. The molecule has 2 aromatic heterocycles. The van der Waals surface area contributed by atoms with Crippen LogP contribution in [0.25, 0.3) is 10.2 Å². The van der Waals surface area contributed by atoms with Crippen molar-refractivity contribution in [3.05, 3.63) is 78.1 Å². The van der Waals surface area contributed by atoms with Crippen LogP contribution in [0, 0.1) is 0 Å². The van der Waals surface area contributed by atoms with Gasteiger partial charge in [0.25, 0.3) is 5.91 Å². The first-order valence-corrected chi connectivity index (χ1v) is 13.2. The molecule has 4 aromatic rings. The number of anilines is 1. The highest BCUT2D eigenvalue weighted by molar-refractivity contribution is 7.92. The van der Waals surface area contributed by atoms with Gasteiger partial charge < -0.3 is 4.74 Å². The van der Waals surface area contributed by atoms with E-state index in [0.717, 1.165) is 21.5 Å². The molecule has 0 saturated heterocycles. The molecular weight excluding hydrogens is 470 g/mol. The van der Waals surface area contributed by atoms with Crippen LogP contribution in [0.3, 0.4) is 0 Å². The Morgan fingerprint density at radius 2 is 1.76 bits per heavy atom. The Morgan fingerprint density at radius 1 is 1.06 bits per heavy atom. The summed E-state index contributed by atoms with van der Waals surface area (Å²) in [6, 6.07) is 15.4. The Bertz CT molecular complexity index is 1400. The van der Waals surface area contributed by atoms with Crippen LogP contribution in [0.4, 0.5) is 5.13 Å². The van der Waals surface area contributed by atoms with Crippen LogP contribution < -0.4 is 9.64 Å². The molecule has 2 heterocycles. The highest BCUT2D eigenvalue weighted by atomic mass is 32.2. The minimum Gasteiger partial charge on any atom is -0.494 e. The smallest absolute Gasteiger partial charge is 0.260 e. The molecule has 0 aliphatic rings. The molecule has 0 fully saturated rings. The molecule has 9 heteroatoms. The largest absolute Gasteiger partial charge is 0.494 e. The number of hydrogen-bond donors (Lipinski definition) is 0. The lowest BCUT2D eigenvalue weighted by atomic mass is 10.2. The lowest BCUT2D eigenvalue weighted by Crippen LogP contribution is -2.30. The molecule has 0 unspecified atom stereocenters. The number of nitrogens with zero attached hydrogens (tertiary/aromatic N) is 3. The fourth-order valence-corrected chi connectivity index (χ4v) is 5.43. The van der Waals surface area contributed by atoms with E-state index in [4.69, 9.17) is 9.72 Å². The van der Waals surface area contributed by atoms with Gasteiger partial charge in [0, 0.05) is 18.0 Å². The van der Waals surface area contributed by atoms with Crippen LogP contribution in [0.15, 0.2) is 71.9 Å². The van der Waals surface area contributed by atoms with Crippen molar-refractivity contribution in [3.8, 4) is 5.75 Å². The summed E-state index contributed by atoms with van der Waals surface area (Å²) in [6.07, 6.45) is 3.35. The van der Waals surface area contributed by atoms with E-state index in [2.05, 4.69) is 4.98 Å². The second-order valence-corrected chi connectivity index (χ2v) is 11.4. The van der Waals surface area contributed by atoms with E-state index in [1.165, 1.54) is 23.5 Å². The second-order valence-electron chi connectivity index (χ2n) is 7.92. The fourth-order valence-electron chi connectivity index (χ4n) is 3.38. The average molecular weight is 496 g/mol. The van der Waals surface area contributed by atoms with E-state index in [9.17, 15) is 13.2 Å². The van der Waals surface area contributed by atoms with E-state index in [1.54, 1.807) is 43.3 Å². The Labute approximate surface area is 203 Å². The van der Waals surface area contributed by atoms with Crippen molar-refractivity contribution in [1.29, 1.82) is 0 Å². The zero-order valence-electron chi connectivity index (χ0n) is 19.1. The molecule has 2 aromatic carbocycles. The van der Waals surface area contributed by atoms with Crippen LogP contribution in [-0.4, -0.2) is 36.1 Å². The number of rotatable bonds is 8. The molecule has 0 bridgehead atoms. The maximum absolute atomic E-state index is 13.6. The van der Waals surface area contributed by atoms with Crippen molar-refractivity contribution in [2.24, 2.45) is 0 Å². The Hall–Kier alpha value is -3.30. The van der Waals surface area contributed by atoms with Gasteiger partial charge in [-0.3, -0.25) is 14.7 Å². The summed E-state index contributed by atoms with van der Waals surface area (Å²) in [5.41, 5.74) is 2.05. The van der Waals surface area contributed by atoms with Crippen LogP contribution in [0.1, 0.15) is 36.7 Å². The molecule has 0 aliphatic heterocycles. The van der Waals surface area contributed by atoms with Gasteiger partial charge in [-0.15, -0.1) is 0 Å². The van der Waals surface area contributed by atoms with E-state index in [-0.39, 0.29) is 10.8 Å². The molecular formula is C25H25N3O4S2. The molecule has 4 rings (SSSR count). The Kier molecular flexibility index (Phi) is 6.95. The van der Waals surface area contributed by atoms with Crippen LogP contribution >= 0.6 is 11.3 Å². The van der Waals surface area contributed by atoms with Gasteiger partial charge in [-0.2, -0.15) is 0 Å². The zero-order valence-corrected chi connectivity index (χ0v) is 20.8. The van der Waals surface area contributed by atoms with Gasteiger partial charge in [0.1, 0.15) is 5.75 Å². The van der Waals surface area contributed by atoms with Crippen molar-refractivity contribution in [3.63, 3.8) is 0 Å². The lowest BCUT2D eigenvalue weighted by molar-refractivity contribution is 0.0985. The second kappa shape index (κ2) is 9.90. The molecule has 0 atom stereocenters. The van der Waals surface area contributed by atoms with Gasteiger partial charge >= 0.3 is 0 Å². The standard InChI is InChI=1S/C25H25N3O4S2/c1-4-32-20-7-10-22-23(15-20)33-25(27-22)28(16-18-11-13-26-14-12-18)24(29)19-5-8-21(9-6-19)34(30,31)17(2)3/h5-15,17H,4,16H2,1-3H3. The van der Waals surface area contributed by atoms with Crippen LogP contribution in [0.5, 0.6) is 5.75 Å². The number of hydrogen-bond acceptors (Lipinski definition) is 7. The first-order valence-electron chi connectivity index (χ1n) is 10.9. The number of fused-ring (bicyclic) bond motifs is 1. The molecule has 0 radical (unpaired) electrons. The molecule has 0 spiro atoms. The van der Waals surface area contributed by atoms with Gasteiger partial charge in [0.2, 0.25) is 0 Å². The third-order valence-electron chi connectivity index (χ3n) is 5.28. The SMILES string of the molecule is CCOc1ccc2nc(N(Cc3ccncc3)C(=O)c3ccc(S(=O)(=O)C(C)C)cc3)sc2c1. The number of pyridine rings is 1. The Morgan fingerprint density at radius 3 is 2.41 bits per heavy atom. The first kappa shape index (κ1) is 23.8. The average Bonchev–Trinajstić information content (AvgIpc) is 3.26. The summed E-state index contributed by atoms with van der Waals surface area (Å²) in [5, 5.41) is 0.00547. The van der Waals surface area contributed by atoms with Gasteiger partial charge in [-0.25, -0.2) is 13.4 Å². The van der Waals surface area contributed by atoms with Gasteiger partial charge in [0.05, 0.1) is 33.5 Å². The summed E-state index contributed by atoms with van der Waals surface area (Å²) >= 11 is 1.40. The van der Waals surface area contributed by atoms with Crippen molar-refractivity contribution in [2.45, 2.75) is 37.5 Å². The van der Waals surface area contributed by atoms with Crippen molar-refractivity contribution in [1.82, 2.24) is 9.97 Å². The van der Waals surface area contributed by atoms with Crippen molar-refractivity contribution >= 4 is 42.4 Å². The molecule has 0 aliphatic carbocycles. The number of carbonyl (C=O) groups excluding carboxylic acids is 1. The number of amides is 1. The van der Waals surface area contributed by atoms with Gasteiger partial charge in [0.15, 0.2) is 15.0 Å². The van der Waals surface area contributed by atoms with Crippen LogP contribution in [0.2, 0.25) is 0 Å². The molecule has 0 N–H and O–H groups in total. The summed E-state index contributed by atoms with van der Waals surface area (Å²) < 4.78 is 31.4. The van der Waals surface area contributed by atoms with Crippen molar-refractivity contribution < 1.29 is 17.9 Å². The molecule has 176 valence electrons. The van der Waals surface area contributed by atoms with Gasteiger partial charge in [-0.1, -0.05) is 11.3 Å². The number of ether oxygens (including phenoxy) is 1. The summed E-state index contributed by atoms with van der Waals surface area (Å²) in [6.45, 7) is 6.05. The van der Waals surface area contributed by atoms with E-state index >= 15 is 0 Å². The minimum atomic E-state index is -3.42. The maximum Gasteiger partial charge on any atom is 0.260 e. The number of thiazole rings is 1. The topological polar surface area (TPSA) is 89.5 Å². The van der Waals surface area contributed by atoms with E-state index in [1.807, 2.05) is 37.3 Å². The normalized spacial score (nSPS) is 11.6. The van der Waals surface area contributed by atoms with E-state index < -0.39 is 15.1 Å². The monoisotopic (exact) mass is 495 g/mol. The number of carbonyl (C=O) groups is 1. The summed E-state index contributed by atoms with van der Waals surface area (Å²) in [7, 11) is -3.42. The number of benzene rings is 2. The minimum absolute atomic E-state index is 0.197. The Balaban J connectivity index is 1.71. The molecule has 0 saturated carbocycles. The summed E-state index contributed by atoms with van der Waals surface area (Å²) in [5.74, 6) is 0.480. The summed E-state index contributed by atoms with van der Waals surface area (Å²) in [4.78, 5) is 24.1. The van der Waals surface area contributed by atoms with Crippen molar-refractivity contribution in [2.75, 3.05) is 11.5 Å². The first-order chi connectivity index (χ1) is 16.3. The quantitative estimate of drug-likeness (QED) is 0.337. The van der Waals surface area contributed by atoms with Crippen LogP contribution in [-0.2, 0) is 16.4 Å². The highest BCUT2D eigenvalue weighted by Gasteiger charge is 2.24. The zero-order chi connectivity index (χ0) is 24.3. The highest BCUT2D eigenvalue weighted by Crippen LogP contribution is 2.33. The number of sulfone groups is 1. The maximum atomic E-state index is 13.6. The predicted molar refractivity (Wildman–Crippen MR) is 134 cm³/mol. The molecule has 1 amide bonds. The predicted octanol–water partition coefficient (Wildman–Crippen LogP) is 5.12.